The Morgan fingerprint density at radius 1 is 0.371 bits per heavy atom. The standard InChI is InChI=1S/C24H36O2.C22H36O2.C17H34O2S/c1-3-5-6-7-8-9-10-11-12-13-14-15-16-17-18-19-20-21-22-23(4-2)24(25)26;1-3-5-6-7-8-9-10-11-12-13-14-15-16-17-18-19-20-21(4-2)22(23)24;1-3-4-5-6-7-8-9-10-11-12-13-14-15-20-16(2)17(18)19/h5-6,8-9,11-12,14-15,17-18,20-21,23H,3-4,7,10,13,16,19,22H2,1-2H3,(H,25,26);8-9,11-12,14-15,17-18,21H,3-7,10,13,16,19-20H2,1-2H3,(H,23,24);16H,3-15H2,1-2H3,(H,18,19)/b6-5-,9-8-,12-11-,15-14-,18-17-,21-20-;9-8-,12-11-,15-14-,18-17-;. The van der Waals surface area contributed by atoms with Gasteiger partial charge in [0.2, 0.25) is 0 Å². The van der Waals surface area contributed by atoms with Crippen LogP contribution in [0.4, 0.5) is 0 Å². The van der Waals surface area contributed by atoms with Gasteiger partial charge >= 0.3 is 17.9 Å². The van der Waals surface area contributed by atoms with Crippen LogP contribution in [0, 0.1) is 11.8 Å². The summed E-state index contributed by atoms with van der Waals surface area (Å²) in [6.45, 7) is 12.3. The van der Waals surface area contributed by atoms with Gasteiger partial charge in [0, 0.05) is 0 Å². The normalized spacial score (nSPS) is 13.6. The lowest BCUT2D eigenvalue weighted by atomic mass is 10.0. The number of thioether (sulfide) groups is 1. The Kier molecular flexibility index (Phi) is 61.6. The maximum atomic E-state index is 10.9. The van der Waals surface area contributed by atoms with Gasteiger partial charge in [0.25, 0.3) is 0 Å². The number of hydrogen-bond donors (Lipinski definition) is 3. The van der Waals surface area contributed by atoms with E-state index in [1.807, 2.05) is 26.0 Å². The smallest absolute Gasteiger partial charge is 0.316 e. The van der Waals surface area contributed by atoms with Crippen LogP contribution in [0.1, 0.15) is 234 Å². The lowest BCUT2D eigenvalue weighted by Crippen LogP contribution is -2.11. The largest absolute Gasteiger partial charge is 0.481 e. The highest BCUT2D eigenvalue weighted by molar-refractivity contribution is 8.00. The van der Waals surface area contributed by atoms with Crippen LogP contribution in [0.3, 0.4) is 0 Å². The summed E-state index contributed by atoms with van der Waals surface area (Å²) in [6, 6.07) is 0. The fourth-order valence-electron chi connectivity index (χ4n) is 6.86. The van der Waals surface area contributed by atoms with Crippen LogP contribution in [0.15, 0.2) is 122 Å². The quantitative estimate of drug-likeness (QED) is 0.0412. The third kappa shape index (κ3) is 60.3. The third-order valence-electron chi connectivity index (χ3n) is 11.6. The lowest BCUT2D eigenvalue weighted by Gasteiger charge is -2.06. The van der Waals surface area contributed by atoms with Gasteiger partial charge in [-0.3, -0.25) is 14.4 Å². The molecule has 0 aliphatic heterocycles. The number of carboxylic acid groups (broad SMARTS) is 3. The molecule has 0 radical (unpaired) electrons. The summed E-state index contributed by atoms with van der Waals surface area (Å²) in [4.78, 5) is 32.4. The Labute approximate surface area is 435 Å². The van der Waals surface area contributed by atoms with Crippen molar-refractivity contribution in [2.24, 2.45) is 11.8 Å². The van der Waals surface area contributed by atoms with E-state index in [-0.39, 0.29) is 17.1 Å². The second-order valence-electron chi connectivity index (χ2n) is 17.9. The predicted molar refractivity (Wildman–Crippen MR) is 310 cm³/mol. The Bertz CT molecular complexity index is 1460. The van der Waals surface area contributed by atoms with Crippen molar-refractivity contribution < 1.29 is 29.7 Å². The lowest BCUT2D eigenvalue weighted by molar-refractivity contribution is -0.142. The Balaban J connectivity index is -0.000000970. The summed E-state index contributed by atoms with van der Waals surface area (Å²) >= 11 is 1.57. The van der Waals surface area contributed by atoms with Crippen LogP contribution < -0.4 is 0 Å². The fraction of sp³-hybridized carbons (Fsp3) is 0.635. The second kappa shape index (κ2) is 61.3. The molecule has 0 aliphatic rings. The highest BCUT2D eigenvalue weighted by atomic mass is 32.2. The summed E-state index contributed by atoms with van der Waals surface area (Å²) < 4.78 is 0. The molecule has 0 spiro atoms. The highest BCUT2D eigenvalue weighted by Crippen LogP contribution is 2.16. The molecule has 0 heterocycles. The van der Waals surface area contributed by atoms with E-state index in [1.54, 1.807) is 18.7 Å². The number of carboxylic acids is 3. The summed E-state index contributed by atoms with van der Waals surface area (Å²) in [6.07, 6.45) is 77.2. The molecule has 3 N–H and O–H groups in total. The van der Waals surface area contributed by atoms with E-state index in [2.05, 4.69) is 130 Å². The van der Waals surface area contributed by atoms with E-state index >= 15 is 0 Å². The topological polar surface area (TPSA) is 112 Å². The van der Waals surface area contributed by atoms with Gasteiger partial charge in [-0.25, -0.2) is 0 Å². The maximum absolute atomic E-state index is 10.9. The van der Waals surface area contributed by atoms with Gasteiger partial charge in [0.15, 0.2) is 0 Å². The first kappa shape index (κ1) is 70.4. The van der Waals surface area contributed by atoms with Gasteiger partial charge < -0.3 is 15.3 Å². The van der Waals surface area contributed by atoms with Crippen molar-refractivity contribution in [1.82, 2.24) is 0 Å². The van der Waals surface area contributed by atoms with Crippen LogP contribution in [-0.4, -0.2) is 44.2 Å². The molecule has 0 aromatic carbocycles. The van der Waals surface area contributed by atoms with Crippen molar-refractivity contribution in [2.45, 2.75) is 239 Å². The van der Waals surface area contributed by atoms with Gasteiger partial charge in [0.05, 0.1) is 17.1 Å². The zero-order valence-electron chi connectivity index (χ0n) is 45.7. The average molecular weight is 992 g/mol. The van der Waals surface area contributed by atoms with Gasteiger partial charge in [0.1, 0.15) is 0 Å². The zero-order valence-corrected chi connectivity index (χ0v) is 46.5. The molecule has 0 amide bonds. The first-order valence-corrected chi connectivity index (χ1v) is 29.0. The summed E-state index contributed by atoms with van der Waals surface area (Å²) in [7, 11) is 0. The Morgan fingerprint density at radius 2 is 0.700 bits per heavy atom. The molecule has 3 unspecified atom stereocenters. The van der Waals surface area contributed by atoms with Crippen molar-refractivity contribution in [2.75, 3.05) is 5.75 Å². The van der Waals surface area contributed by atoms with Crippen molar-refractivity contribution in [1.29, 1.82) is 0 Å². The number of rotatable bonds is 45. The van der Waals surface area contributed by atoms with E-state index in [0.717, 1.165) is 76.4 Å². The van der Waals surface area contributed by atoms with E-state index in [1.165, 1.54) is 103 Å². The van der Waals surface area contributed by atoms with Crippen LogP contribution in [-0.2, 0) is 14.4 Å². The van der Waals surface area contributed by atoms with Crippen LogP contribution in [0.25, 0.3) is 0 Å². The zero-order chi connectivity index (χ0) is 52.2. The fourth-order valence-corrected chi connectivity index (χ4v) is 7.73. The van der Waals surface area contributed by atoms with Crippen molar-refractivity contribution in [3.05, 3.63) is 122 Å². The molecule has 0 saturated carbocycles. The van der Waals surface area contributed by atoms with E-state index in [0.29, 0.717) is 19.3 Å². The monoisotopic (exact) mass is 991 g/mol. The minimum Gasteiger partial charge on any atom is -0.481 e. The molecule has 0 aliphatic carbocycles. The molecule has 0 bridgehead atoms. The van der Waals surface area contributed by atoms with Gasteiger partial charge in [-0.2, -0.15) is 0 Å². The number of unbranched alkanes of at least 4 members (excludes halogenated alkanes) is 14. The number of allylic oxidation sites excluding steroid dienone is 20. The minimum atomic E-state index is -0.702. The second-order valence-corrected chi connectivity index (χ2v) is 19.4. The molecular formula is C63H106O6S. The Hall–Kier alpha value is -3.84. The molecular weight excluding hydrogens is 885 g/mol. The third-order valence-corrected chi connectivity index (χ3v) is 12.8. The van der Waals surface area contributed by atoms with Gasteiger partial charge in [-0.1, -0.05) is 240 Å². The number of aliphatic carboxylic acids is 3. The average Bonchev–Trinajstić information content (AvgIpc) is 3.34. The molecule has 0 aromatic heterocycles. The van der Waals surface area contributed by atoms with Crippen LogP contribution in [0.5, 0.6) is 0 Å². The van der Waals surface area contributed by atoms with Gasteiger partial charge in [-0.05, 0) is 122 Å². The molecule has 0 fully saturated rings. The molecule has 70 heavy (non-hydrogen) atoms. The molecule has 7 heteroatoms. The summed E-state index contributed by atoms with van der Waals surface area (Å²) in [5, 5.41) is 26.4. The molecule has 6 nitrogen and oxygen atoms in total. The van der Waals surface area contributed by atoms with Gasteiger partial charge in [-0.15, -0.1) is 11.8 Å². The molecule has 0 rings (SSSR count). The van der Waals surface area contributed by atoms with E-state index in [4.69, 9.17) is 15.3 Å². The molecule has 400 valence electrons. The molecule has 0 saturated heterocycles. The maximum Gasteiger partial charge on any atom is 0.316 e. The molecule has 0 aromatic rings. The number of carbonyl (C=O) groups is 3. The SMILES string of the molecule is CC/C=C\C/C=C\C/C=C\C/C=C\C/C=C\C/C=C\CC(CC)C(=O)O.CCCCC/C=C\C/C=C\C/C=C\C/C=C\CCC(CC)C(=O)O.CCCCCCCCCCCCCCSC(C)C(=O)O. The number of hydrogen-bond acceptors (Lipinski definition) is 4. The molecule has 3 atom stereocenters. The predicted octanol–water partition coefficient (Wildman–Crippen LogP) is 19.9. The van der Waals surface area contributed by atoms with Crippen molar-refractivity contribution in [3.8, 4) is 0 Å². The first-order chi connectivity index (χ1) is 34.1. The van der Waals surface area contributed by atoms with Crippen molar-refractivity contribution >= 4 is 29.7 Å². The summed E-state index contributed by atoms with van der Waals surface area (Å²) in [5.74, 6) is -1.52. The van der Waals surface area contributed by atoms with Crippen LogP contribution >= 0.6 is 11.8 Å². The van der Waals surface area contributed by atoms with E-state index in [9.17, 15) is 14.4 Å². The first-order valence-electron chi connectivity index (χ1n) is 27.9. The van der Waals surface area contributed by atoms with Crippen molar-refractivity contribution in [3.63, 3.8) is 0 Å². The van der Waals surface area contributed by atoms with E-state index < -0.39 is 17.9 Å². The minimum absolute atomic E-state index is 0.198. The summed E-state index contributed by atoms with van der Waals surface area (Å²) in [5.41, 5.74) is 0. The Morgan fingerprint density at radius 3 is 1.06 bits per heavy atom. The van der Waals surface area contributed by atoms with Crippen LogP contribution in [0.2, 0.25) is 0 Å². The highest BCUT2D eigenvalue weighted by Gasteiger charge is 2.13.